The Labute approximate surface area is 447 Å². The van der Waals surface area contributed by atoms with Gasteiger partial charge in [-0.1, -0.05) is 306 Å². The molecule has 3 aromatic carbocycles. The Bertz CT molecular complexity index is 1580. The van der Waals surface area contributed by atoms with Crippen LogP contribution in [-0.4, -0.2) is 38.7 Å². The zero-order valence-corrected chi connectivity index (χ0v) is 48.3. The van der Waals surface area contributed by atoms with Crippen LogP contribution in [0.4, 0.5) is 0 Å². The fourth-order valence-corrected chi connectivity index (χ4v) is 10.3. The van der Waals surface area contributed by atoms with E-state index in [9.17, 15) is 10.2 Å². The lowest BCUT2D eigenvalue weighted by Gasteiger charge is -2.48. The molecule has 0 heterocycles. The standard InChI is InChI=1S/C46H68O2.C14H30O.C8H18O/c1-3-5-7-9-11-13-14-16-18-29-40-46(48-44-36-26-21-27-37-44,39-28-17-15-12-10-8-6-4-2)45(47,41-43-33-24-20-25-34-43)38-30-35-42-31-22-19-23-32-42;1-4-7-9-10-12-14(15)13(6-3)11-8-5-2;1-3-4-5-6-7-8(2)9/h19-27,30-37,47H,3-18,28-29,38-41H2,1-2H3;13-15H,4-12H2,1-3H3;8-9H,3-7H2,1-2H3. The number of aliphatic hydroxyl groups excluding tert-OH is 2. The van der Waals surface area contributed by atoms with E-state index in [0.717, 1.165) is 61.8 Å². The largest absolute Gasteiger partial charge is 0.484 e. The molecule has 0 fully saturated rings. The van der Waals surface area contributed by atoms with Crippen LogP contribution in [0.5, 0.6) is 5.75 Å². The van der Waals surface area contributed by atoms with E-state index in [4.69, 9.17) is 9.84 Å². The van der Waals surface area contributed by atoms with Crippen molar-refractivity contribution in [2.75, 3.05) is 0 Å². The molecule has 0 amide bonds. The van der Waals surface area contributed by atoms with Crippen LogP contribution in [0.3, 0.4) is 0 Å². The van der Waals surface area contributed by atoms with Crippen molar-refractivity contribution < 1.29 is 20.1 Å². The minimum atomic E-state index is -1.07. The maximum atomic E-state index is 13.2. The van der Waals surface area contributed by atoms with Gasteiger partial charge in [-0.05, 0) is 87.5 Å². The van der Waals surface area contributed by atoms with Gasteiger partial charge in [0.05, 0.1) is 12.2 Å². The minimum Gasteiger partial charge on any atom is -0.484 e. The molecule has 3 aromatic rings. The van der Waals surface area contributed by atoms with Gasteiger partial charge in [-0.25, -0.2) is 0 Å². The number of benzene rings is 3. The molecule has 5 atom stereocenters. The maximum absolute atomic E-state index is 13.2. The van der Waals surface area contributed by atoms with Crippen LogP contribution in [0, 0.1) is 5.92 Å². The molecular formula is C68H116O4. The fourth-order valence-electron chi connectivity index (χ4n) is 10.3. The summed E-state index contributed by atoms with van der Waals surface area (Å²) >= 11 is 0. The van der Waals surface area contributed by atoms with Crippen LogP contribution in [0.25, 0.3) is 6.08 Å². The highest BCUT2D eigenvalue weighted by molar-refractivity contribution is 5.49. The van der Waals surface area contributed by atoms with Crippen LogP contribution in [0.1, 0.15) is 284 Å². The summed E-state index contributed by atoms with van der Waals surface area (Å²) in [5.74, 6) is 1.41. The summed E-state index contributed by atoms with van der Waals surface area (Å²) in [5.41, 5.74) is 0.545. The van der Waals surface area contributed by atoms with Crippen molar-refractivity contribution in [3.63, 3.8) is 0 Å². The van der Waals surface area contributed by atoms with E-state index >= 15 is 0 Å². The zero-order valence-electron chi connectivity index (χ0n) is 48.3. The van der Waals surface area contributed by atoms with Gasteiger partial charge < -0.3 is 20.1 Å². The van der Waals surface area contributed by atoms with Crippen LogP contribution in [0.15, 0.2) is 97.1 Å². The Hall–Kier alpha value is -2.92. The molecule has 412 valence electrons. The fraction of sp³-hybridized carbons (Fsp3) is 0.706. The molecule has 0 saturated carbocycles. The third-order valence-corrected chi connectivity index (χ3v) is 15.0. The topological polar surface area (TPSA) is 69.9 Å². The molecule has 4 heteroatoms. The molecular weight excluding hydrogens is 881 g/mol. The van der Waals surface area contributed by atoms with Crippen LogP contribution < -0.4 is 4.74 Å². The number of unbranched alkanes of at least 4 members (excludes halogenated alkanes) is 23. The second kappa shape index (κ2) is 46.6. The SMILES string of the molecule is CCCCCCC(C)O.CCCCCCC(O)C(CC)CCCC.CCCCCCCCCCCCC(CCCCCCCCCC)(Oc1ccccc1)C(O)(CC=Cc1ccccc1)Cc1ccccc1. The van der Waals surface area contributed by atoms with Gasteiger partial charge in [-0.15, -0.1) is 0 Å². The lowest BCUT2D eigenvalue weighted by Crippen LogP contribution is -2.59. The van der Waals surface area contributed by atoms with E-state index in [1.54, 1.807) is 0 Å². The number of rotatable bonds is 43. The third-order valence-electron chi connectivity index (χ3n) is 15.0. The first-order valence-electron chi connectivity index (χ1n) is 30.7. The average molecular weight is 998 g/mol. The average Bonchev–Trinajstić information content (AvgIpc) is 3.39. The Morgan fingerprint density at radius 2 is 0.861 bits per heavy atom. The summed E-state index contributed by atoms with van der Waals surface area (Å²) in [6, 6.07) is 31.4. The predicted molar refractivity (Wildman–Crippen MR) is 317 cm³/mol. The highest BCUT2D eigenvalue weighted by Crippen LogP contribution is 2.43. The molecule has 0 radical (unpaired) electrons. The highest BCUT2D eigenvalue weighted by atomic mass is 16.5. The number of para-hydroxylation sites is 1. The smallest absolute Gasteiger partial charge is 0.138 e. The number of ether oxygens (including phenoxy) is 1. The van der Waals surface area contributed by atoms with Gasteiger partial charge in [0.2, 0.25) is 0 Å². The van der Waals surface area contributed by atoms with Gasteiger partial charge in [-0.3, -0.25) is 0 Å². The monoisotopic (exact) mass is 997 g/mol. The molecule has 0 aromatic heterocycles. The summed E-state index contributed by atoms with van der Waals surface area (Å²) in [6.07, 6.45) is 47.1. The van der Waals surface area contributed by atoms with E-state index in [-0.39, 0.29) is 12.2 Å². The normalized spacial score (nSPS) is 14.3. The third kappa shape index (κ3) is 33.8. The Kier molecular flexibility index (Phi) is 43.4. The first kappa shape index (κ1) is 67.1. The lowest BCUT2D eigenvalue weighted by molar-refractivity contribution is -0.144. The summed E-state index contributed by atoms with van der Waals surface area (Å²) < 4.78 is 7.20. The molecule has 0 bridgehead atoms. The first-order chi connectivity index (χ1) is 35.1. The number of hydrogen-bond donors (Lipinski definition) is 3. The van der Waals surface area contributed by atoms with Crippen molar-refractivity contribution >= 4 is 6.08 Å². The molecule has 0 spiro atoms. The van der Waals surface area contributed by atoms with E-state index in [2.05, 4.69) is 139 Å². The van der Waals surface area contributed by atoms with Gasteiger partial charge in [0, 0.05) is 6.42 Å². The molecule has 0 aliphatic carbocycles. The van der Waals surface area contributed by atoms with E-state index in [0.29, 0.717) is 18.8 Å². The maximum Gasteiger partial charge on any atom is 0.138 e. The van der Waals surface area contributed by atoms with Crippen molar-refractivity contribution in [1.82, 2.24) is 0 Å². The highest BCUT2D eigenvalue weighted by Gasteiger charge is 2.51. The Morgan fingerprint density at radius 1 is 0.458 bits per heavy atom. The quantitative estimate of drug-likeness (QED) is 0.0494. The summed E-state index contributed by atoms with van der Waals surface area (Å²) in [6.45, 7) is 15.3. The van der Waals surface area contributed by atoms with E-state index in [1.807, 2.05) is 13.0 Å². The summed E-state index contributed by atoms with van der Waals surface area (Å²) in [7, 11) is 0. The number of aliphatic hydroxyl groups is 3. The van der Waals surface area contributed by atoms with Crippen molar-refractivity contribution in [2.45, 2.75) is 303 Å². The van der Waals surface area contributed by atoms with Gasteiger partial charge in [0.15, 0.2) is 0 Å². The zero-order chi connectivity index (χ0) is 52.6. The van der Waals surface area contributed by atoms with Crippen LogP contribution in [0.2, 0.25) is 0 Å². The van der Waals surface area contributed by atoms with Crippen molar-refractivity contribution in [1.29, 1.82) is 0 Å². The molecule has 0 aliphatic heterocycles. The molecule has 0 aliphatic rings. The van der Waals surface area contributed by atoms with Gasteiger partial charge in [0.1, 0.15) is 17.0 Å². The lowest BCUT2D eigenvalue weighted by atomic mass is 9.70. The first-order valence-corrected chi connectivity index (χ1v) is 30.7. The Balaban J connectivity index is 0.000000884. The summed E-state index contributed by atoms with van der Waals surface area (Å²) in [5, 5.41) is 32.1. The van der Waals surface area contributed by atoms with Crippen LogP contribution >= 0.6 is 0 Å². The molecule has 4 nitrogen and oxygen atoms in total. The van der Waals surface area contributed by atoms with Crippen molar-refractivity contribution in [3.8, 4) is 5.75 Å². The van der Waals surface area contributed by atoms with Crippen LogP contribution in [-0.2, 0) is 6.42 Å². The van der Waals surface area contributed by atoms with E-state index in [1.165, 1.54) is 173 Å². The molecule has 3 N–H and O–H groups in total. The second-order valence-corrected chi connectivity index (χ2v) is 21.7. The summed E-state index contributed by atoms with van der Waals surface area (Å²) in [4.78, 5) is 0. The van der Waals surface area contributed by atoms with Gasteiger partial charge in [-0.2, -0.15) is 0 Å². The Morgan fingerprint density at radius 3 is 1.31 bits per heavy atom. The molecule has 5 unspecified atom stereocenters. The molecule has 72 heavy (non-hydrogen) atoms. The predicted octanol–water partition coefficient (Wildman–Crippen LogP) is 20.6. The van der Waals surface area contributed by atoms with E-state index < -0.39 is 11.2 Å². The minimum absolute atomic E-state index is 0.0431. The van der Waals surface area contributed by atoms with Gasteiger partial charge >= 0.3 is 0 Å². The van der Waals surface area contributed by atoms with Gasteiger partial charge in [0.25, 0.3) is 0 Å². The molecule has 3 rings (SSSR count). The number of hydrogen-bond acceptors (Lipinski definition) is 4. The van der Waals surface area contributed by atoms with Crippen molar-refractivity contribution in [3.05, 3.63) is 108 Å². The second-order valence-electron chi connectivity index (χ2n) is 21.7. The van der Waals surface area contributed by atoms with Crippen molar-refractivity contribution in [2.24, 2.45) is 5.92 Å². The molecule has 0 saturated heterocycles.